The Bertz CT molecular complexity index is 535. The first-order valence-electron chi connectivity index (χ1n) is 5.79. The predicted octanol–water partition coefficient (Wildman–Crippen LogP) is 3.68. The van der Waals surface area contributed by atoms with Gasteiger partial charge < -0.3 is 5.32 Å². The molecule has 0 aliphatic heterocycles. The van der Waals surface area contributed by atoms with E-state index in [4.69, 9.17) is 23.2 Å². The van der Waals surface area contributed by atoms with Gasteiger partial charge in [-0.05, 0) is 24.3 Å². The first kappa shape index (κ1) is 13.4. The van der Waals surface area contributed by atoms with E-state index < -0.39 is 0 Å². The lowest BCUT2D eigenvalue weighted by molar-refractivity contribution is 0.578. The lowest BCUT2D eigenvalue weighted by Gasteiger charge is -2.05. The topological polar surface area (TPSA) is 29.9 Å². The van der Waals surface area contributed by atoms with Crippen LogP contribution in [0.3, 0.4) is 0 Å². The minimum Gasteiger partial charge on any atom is -0.309 e. The fourth-order valence-corrected chi connectivity index (χ4v) is 1.83. The lowest BCUT2D eigenvalue weighted by atomic mass is 10.3. The molecule has 18 heavy (non-hydrogen) atoms. The molecule has 3 nitrogen and oxygen atoms in total. The zero-order valence-electron chi connectivity index (χ0n) is 10.3. The average molecular weight is 284 g/mol. The van der Waals surface area contributed by atoms with Crippen molar-refractivity contribution in [1.82, 2.24) is 15.1 Å². The lowest BCUT2D eigenvalue weighted by Crippen LogP contribution is -2.22. The van der Waals surface area contributed by atoms with Crippen LogP contribution in [0.15, 0.2) is 30.5 Å². The zero-order valence-corrected chi connectivity index (χ0v) is 11.8. The van der Waals surface area contributed by atoms with Gasteiger partial charge in [-0.25, -0.2) is 4.68 Å². The number of nitrogens with one attached hydrogen (secondary N) is 1. The van der Waals surface area contributed by atoms with Crippen molar-refractivity contribution in [2.24, 2.45) is 0 Å². The summed E-state index contributed by atoms with van der Waals surface area (Å²) in [7, 11) is 0. The third-order valence-electron chi connectivity index (χ3n) is 2.50. The van der Waals surface area contributed by atoms with Crippen molar-refractivity contribution < 1.29 is 0 Å². The maximum absolute atomic E-state index is 5.99. The number of halogens is 2. The van der Waals surface area contributed by atoms with Crippen LogP contribution >= 0.6 is 23.2 Å². The maximum Gasteiger partial charge on any atom is 0.0766 e. The number of aromatic nitrogens is 2. The standard InChI is InChI=1S/C13H15Cl2N3/c1-9(2)16-8-10-5-6-18(17-10)11-3-4-12(14)13(15)7-11/h3-7,9,16H,8H2,1-2H3. The molecule has 0 atom stereocenters. The third-order valence-corrected chi connectivity index (χ3v) is 3.24. The third kappa shape index (κ3) is 3.25. The summed E-state index contributed by atoms with van der Waals surface area (Å²) in [5.74, 6) is 0. The highest BCUT2D eigenvalue weighted by molar-refractivity contribution is 6.42. The summed E-state index contributed by atoms with van der Waals surface area (Å²) in [6.07, 6.45) is 1.91. The van der Waals surface area contributed by atoms with Gasteiger partial charge in [0.05, 0.1) is 21.4 Å². The molecule has 0 spiro atoms. The first-order valence-corrected chi connectivity index (χ1v) is 6.55. The molecule has 96 valence electrons. The SMILES string of the molecule is CC(C)NCc1ccn(-c2ccc(Cl)c(Cl)c2)n1. The Kier molecular flexibility index (Phi) is 4.27. The second kappa shape index (κ2) is 5.74. The molecule has 1 aromatic heterocycles. The summed E-state index contributed by atoms with van der Waals surface area (Å²) in [6, 6.07) is 7.89. The molecule has 1 aromatic carbocycles. The quantitative estimate of drug-likeness (QED) is 0.928. The molecule has 0 amide bonds. The molecule has 0 unspecified atom stereocenters. The number of hydrogen-bond donors (Lipinski definition) is 1. The molecule has 2 rings (SSSR count). The van der Waals surface area contributed by atoms with Crippen molar-refractivity contribution in [2.45, 2.75) is 26.4 Å². The van der Waals surface area contributed by atoms with Crippen LogP contribution in [-0.2, 0) is 6.54 Å². The molecular formula is C13H15Cl2N3. The van der Waals surface area contributed by atoms with Gasteiger partial charge in [0.2, 0.25) is 0 Å². The summed E-state index contributed by atoms with van der Waals surface area (Å²) in [5, 5.41) is 8.88. The van der Waals surface area contributed by atoms with E-state index in [0.29, 0.717) is 16.1 Å². The van der Waals surface area contributed by atoms with Gasteiger partial charge in [0.25, 0.3) is 0 Å². The van der Waals surface area contributed by atoms with Crippen molar-refractivity contribution in [1.29, 1.82) is 0 Å². The number of nitrogens with zero attached hydrogens (tertiary/aromatic N) is 2. The molecule has 2 aromatic rings. The summed E-state index contributed by atoms with van der Waals surface area (Å²) in [4.78, 5) is 0. The second-order valence-corrected chi connectivity index (χ2v) is 5.20. The largest absolute Gasteiger partial charge is 0.309 e. The van der Waals surface area contributed by atoms with Gasteiger partial charge in [0.15, 0.2) is 0 Å². The Balaban J connectivity index is 2.16. The van der Waals surface area contributed by atoms with Crippen LogP contribution in [0.2, 0.25) is 10.0 Å². The van der Waals surface area contributed by atoms with Gasteiger partial charge in [-0.3, -0.25) is 0 Å². The van der Waals surface area contributed by atoms with Crippen LogP contribution in [0.1, 0.15) is 19.5 Å². The van der Waals surface area contributed by atoms with Gasteiger partial charge in [0, 0.05) is 18.8 Å². The van der Waals surface area contributed by atoms with Crippen LogP contribution in [0.25, 0.3) is 5.69 Å². The highest BCUT2D eigenvalue weighted by Gasteiger charge is 2.04. The van der Waals surface area contributed by atoms with Crippen molar-refractivity contribution in [3.8, 4) is 5.69 Å². The fraction of sp³-hybridized carbons (Fsp3) is 0.308. The summed E-state index contributed by atoms with van der Waals surface area (Å²) < 4.78 is 1.79. The summed E-state index contributed by atoms with van der Waals surface area (Å²) >= 11 is 11.9. The van der Waals surface area contributed by atoms with Crippen LogP contribution < -0.4 is 5.32 Å². The van der Waals surface area contributed by atoms with Crippen molar-refractivity contribution in [3.63, 3.8) is 0 Å². The van der Waals surface area contributed by atoms with Gasteiger partial charge in [0.1, 0.15) is 0 Å². The second-order valence-electron chi connectivity index (χ2n) is 4.39. The van der Waals surface area contributed by atoms with Gasteiger partial charge >= 0.3 is 0 Å². The molecule has 0 aliphatic carbocycles. The Morgan fingerprint density at radius 2 is 2.00 bits per heavy atom. The first-order chi connectivity index (χ1) is 8.56. The highest BCUT2D eigenvalue weighted by Crippen LogP contribution is 2.24. The van der Waals surface area contributed by atoms with E-state index in [1.54, 1.807) is 16.8 Å². The molecule has 1 heterocycles. The Morgan fingerprint density at radius 1 is 1.22 bits per heavy atom. The van der Waals surface area contributed by atoms with Crippen LogP contribution in [0.5, 0.6) is 0 Å². The molecule has 0 fully saturated rings. The van der Waals surface area contributed by atoms with E-state index in [1.165, 1.54) is 0 Å². The zero-order chi connectivity index (χ0) is 13.1. The summed E-state index contributed by atoms with van der Waals surface area (Å²) in [5.41, 5.74) is 1.90. The molecule has 0 aliphatic rings. The molecule has 0 saturated heterocycles. The van der Waals surface area contributed by atoms with E-state index in [0.717, 1.165) is 17.9 Å². The average Bonchev–Trinajstić information content (AvgIpc) is 2.79. The molecule has 0 saturated carbocycles. The van der Waals surface area contributed by atoms with Gasteiger partial charge in [-0.2, -0.15) is 5.10 Å². The van der Waals surface area contributed by atoms with Gasteiger partial charge in [-0.15, -0.1) is 0 Å². The van der Waals surface area contributed by atoms with E-state index in [-0.39, 0.29) is 0 Å². The Morgan fingerprint density at radius 3 is 2.67 bits per heavy atom. The normalized spacial score (nSPS) is 11.2. The van der Waals surface area contributed by atoms with Crippen molar-refractivity contribution in [2.75, 3.05) is 0 Å². The Hall–Kier alpha value is -1.03. The molecule has 1 N–H and O–H groups in total. The monoisotopic (exact) mass is 283 g/mol. The van der Waals surface area contributed by atoms with Crippen LogP contribution in [-0.4, -0.2) is 15.8 Å². The van der Waals surface area contributed by atoms with Crippen molar-refractivity contribution in [3.05, 3.63) is 46.2 Å². The highest BCUT2D eigenvalue weighted by atomic mass is 35.5. The predicted molar refractivity (Wildman–Crippen MR) is 75.6 cm³/mol. The number of benzene rings is 1. The van der Waals surface area contributed by atoms with E-state index in [1.807, 2.05) is 18.3 Å². The van der Waals surface area contributed by atoms with E-state index in [9.17, 15) is 0 Å². The molecule has 0 radical (unpaired) electrons. The van der Waals surface area contributed by atoms with E-state index >= 15 is 0 Å². The minimum atomic E-state index is 0.445. The molecule has 5 heteroatoms. The summed E-state index contributed by atoms with van der Waals surface area (Å²) in [6.45, 7) is 4.97. The number of rotatable bonds is 4. The molecule has 0 bridgehead atoms. The number of hydrogen-bond acceptors (Lipinski definition) is 2. The maximum atomic E-state index is 5.99. The van der Waals surface area contributed by atoms with Crippen LogP contribution in [0.4, 0.5) is 0 Å². The fourth-order valence-electron chi connectivity index (χ4n) is 1.54. The smallest absolute Gasteiger partial charge is 0.0766 e. The van der Waals surface area contributed by atoms with Gasteiger partial charge in [-0.1, -0.05) is 37.0 Å². The molecular weight excluding hydrogens is 269 g/mol. The van der Waals surface area contributed by atoms with Crippen molar-refractivity contribution >= 4 is 23.2 Å². The Labute approximate surface area is 117 Å². The van der Waals surface area contributed by atoms with Crippen LogP contribution in [0, 0.1) is 0 Å². The van der Waals surface area contributed by atoms with E-state index in [2.05, 4.69) is 24.3 Å². The minimum absolute atomic E-state index is 0.445.